The van der Waals surface area contributed by atoms with Gasteiger partial charge in [-0.05, 0) is 48.2 Å². The van der Waals surface area contributed by atoms with Crippen molar-refractivity contribution in [2.75, 3.05) is 32.7 Å². The number of aliphatic hydroxyl groups is 1. The quantitative estimate of drug-likeness (QED) is 0.652. The highest BCUT2D eigenvalue weighted by Crippen LogP contribution is 2.41. The Morgan fingerprint density at radius 3 is 2.26 bits per heavy atom. The molecule has 2 aromatic rings. The van der Waals surface area contributed by atoms with Crippen LogP contribution in [0.1, 0.15) is 63.0 Å². The lowest BCUT2D eigenvalue weighted by Gasteiger charge is -2.43. The first kappa shape index (κ1) is 24.2. The minimum Gasteiger partial charge on any atom is -0.389 e. The van der Waals surface area contributed by atoms with Crippen LogP contribution in [0.15, 0.2) is 48.8 Å². The van der Waals surface area contributed by atoms with E-state index in [1.54, 1.807) is 0 Å². The van der Waals surface area contributed by atoms with Crippen molar-refractivity contribution in [3.63, 3.8) is 0 Å². The molecule has 2 heterocycles. The normalized spacial score (nSPS) is 20.5. The first-order valence-electron chi connectivity index (χ1n) is 11.9. The number of hydrogen-bond acceptors (Lipinski definition) is 4. The van der Waals surface area contributed by atoms with Gasteiger partial charge in [-0.3, -0.25) is 9.88 Å². The molecular weight excluding hydrogens is 406 g/mol. The molecule has 1 saturated heterocycles. The maximum Gasteiger partial charge on any atom is 0.0728 e. The third kappa shape index (κ3) is 6.76. The number of hydrogen-bond donors (Lipinski definition) is 1. The summed E-state index contributed by atoms with van der Waals surface area (Å²) < 4.78 is 0. The number of aromatic nitrogens is 1. The molecule has 1 aliphatic heterocycles. The fourth-order valence-electron chi connectivity index (χ4n) is 4.96. The fourth-order valence-corrected chi connectivity index (χ4v) is 5.15. The summed E-state index contributed by atoms with van der Waals surface area (Å²) in [5.41, 5.74) is 1.89. The zero-order valence-corrected chi connectivity index (χ0v) is 19.9. The Labute approximate surface area is 193 Å². The Balaban J connectivity index is 0.00000132. The highest BCUT2D eigenvalue weighted by Gasteiger charge is 2.40. The summed E-state index contributed by atoms with van der Waals surface area (Å²) in [4.78, 5) is 9.15. The molecule has 1 unspecified atom stereocenters. The molecule has 0 spiro atoms. The van der Waals surface area contributed by atoms with Crippen molar-refractivity contribution in [2.24, 2.45) is 0 Å². The van der Waals surface area contributed by atoms with Crippen molar-refractivity contribution >= 4 is 11.6 Å². The van der Waals surface area contributed by atoms with Crippen LogP contribution >= 0.6 is 11.6 Å². The Morgan fingerprint density at radius 2 is 1.61 bits per heavy atom. The van der Waals surface area contributed by atoms with Gasteiger partial charge in [-0.1, -0.05) is 56.8 Å². The minimum atomic E-state index is -0.614. The number of nitrogens with zero attached hydrogens (tertiary/aromatic N) is 3. The van der Waals surface area contributed by atoms with E-state index in [1.807, 2.05) is 38.4 Å². The van der Waals surface area contributed by atoms with Gasteiger partial charge in [-0.25, -0.2) is 0 Å². The molecular formula is C26H38ClN3O. The SMILES string of the molecule is CC.OC1(C(CN2CCN(Cc3ccncc3)CC2)c2cccc(Cl)c2)CCCCC1. The average molecular weight is 444 g/mol. The second-order valence-corrected chi connectivity index (χ2v) is 9.14. The van der Waals surface area contributed by atoms with Crippen LogP contribution in [0.2, 0.25) is 5.02 Å². The summed E-state index contributed by atoms with van der Waals surface area (Å²) in [5, 5.41) is 12.3. The minimum absolute atomic E-state index is 0.119. The van der Waals surface area contributed by atoms with Gasteiger partial charge in [-0.15, -0.1) is 0 Å². The van der Waals surface area contributed by atoms with E-state index >= 15 is 0 Å². The molecule has 0 bridgehead atoms. The number of halogens is 1. The number of pyridine rings is 1. The van der Waals surface area contributed by atoms with E-state index in [9.17, 15) is 5.11 Å². The van der Waals surface area contributed by atoms with Gasteiger partial charge in [0.25, 0.3) is 0 Å². The van der Waals surface area contributed by atoms with Crippen molar-refractivity contribution < 1.29 is 5.11 Å². The van der Waals surface area contributed by atoms with Crippen molar-refractivity contribution in [1.82, 2.24) is 14.8 Å². The highest BCUT2D eigenvalue weighted by atomic mass is 35.5. The van der Waals surface area contributed by atoms with E-state index < -0.39 is 5.60 Å². The third-order valence-electron chi connectivity index (χ3n) is 6.68. The molecule has 0 radical (unpaired) electrons. The zero-order chi connectivity index (χ0) is 22.1. The number of piperazine rings is 1. The van der Waals surface area contributed by atoms with Crippen molar-refractivity contribution in [3.8, 4) is 0 Å². The first-order chi connectivity index (χ1) is 15.1. The highest BCUT2D eigenvalue weighted by molar-refractivity contribution is 6.30. The van der Waals surface area contributed by atoms with Gasteiger partial charge in [0.1, 0.15) is 0 Å². The van der Waals surface area contributed by atoms with E-state index in [4.69, 9.17) is 11.6 Å². The van der Waals surface area contributed by atoms with Gasteiger partial charge in [-0.2, -0.15) is 0 Å². The maximum absolute atomic E-state index is 11.6. The second-order valence-electron chi connectivity index (χ2n) is 8.70. The van der Waals surface area contributed by atoms with Gasteiger partial charge < -0.3 is 10.0 Å². The summed E-state index contributed by atoms with van der Waals surface area (Å²) in [6.07, 6.45) is 9.00. The lowest BCUT2D eigenvalue weighted by molar-refractivity contribution is -0.0344. The van der Waals surface area contributed by atoms with E-state index in [1.165, 1.54) is 17.5 Å². The number of benzene rings is 1. The molecule has 31 heavy (non-hydrogen) atoms. The van der Waals surface area contributed by atoms with Crippen molar-refractivity contribution in [2.45, 2.75) is 64.0 Å². The summed E-state index contributed by atoms with van der Waals surface area (Å²) >= 11 is 6.31. The first-order valence-corrected chi connectivity index (χ1v) is 12.3. The molecule has 1 aromatic carbocycles. The maximum atomic E-state index is 11.6. The Hall–Kier alpha value is -1.46. The van der Waals surface area contributed by atoms with Crippen molar-refractivity contribution in [1.29, 1.82) is 0 Å². The third-order valence-corrected chi connectivity index (χ3v) is 6.92. The van der Waals surface area contributed by atoms with E-state index in [0.29, 0.717) is 0 Å². The van der Waals surface area contributed by atoms with Gasteiger partial charge >= 0.3 is 0 Å². The molecule has 2 fully saturated rings. The molecule has 170 valence electrons. The van der Waals surface area contributed by atoms with Gasteiger partial charge in [0.05, 0.1) is 5.60 Å². The predicted molar refractivity (Wildman–Crippen MR) is 130 cm³/mol. The summed E-state index contributed by atoms with van der Waals surface area (Å²) in [5.74, 6) is 0.119. The Kier molecular flexibility index (Phi) is 9.33. The van der Waals surface area contributed by atoms with E-state index in [2.05, 4.69) is 39.0 Å². The lowest BCUT2D eigenvalue weighted by atomic mass is 9.72. The largest absolute Gasteiger partial charge is 0.389 e. The van der Waals surface area contributed by atoms with Crippen LogP contribution in [0.3, 0.4) is 0 Å². The second kappa shape index (κ2) is 12.0. The van der Waals surface area contributed by atoms with Crippen LogP contribution in [-0.4, -0.2) is 58.2 Å². The molecule has 2 aliphatic rings. The molecule has 0 amide bonds. The lowest BCUT2D eigenvalue weighted by Crippen LogP contribution is -2.50. The van der Waals surface area contributed by atoms with Crippen LogP contribution in [0.5, 0.6) is 0 Å². The molecule has 4 rings (SSSR count). The van der Waals surface area contributed by atoms with E-state index in [0.717, 1.165) is 70.0 Å². The Bertz CT molecular complexity index is 771. The van der Waals surface area contributed by atoms with Gasteiger partial charge in [0.15, 0.2) is 0 Å². The molecule has 1 aliphatic carbocycles. The standard InChI is InChI=1S/C24H32ClN3O.C2H6/c25-22-6-4-5-21(17-22)23(24(29)9-2-1-3-10-24)19-28-15-13-27(14-16-28)18-20-7-11-26-12-8-20;1-2/h4-8,11-12,17,23,29H,1-3,9-10,13-16,18-19H2;1-2H3. The topological polar surface area (TPSA) is 39.6 Å². The number of rotatable bonds is 6. The fraction of sp³-hybridized carbons (Fsp3) is 0.577. The molecule has 1 atom stereocenters. The monoisotopic (exact) mass is 443 g/mol. The van der Waals surface area contributed by atoms with Crippen LogP contribution in [0, 0.1) is 0 Å². The molecule has 1 N–H and O–H groups in total. The molecule has 1 saturated carbocycles. The van der Waals surface area contributed by atoms with Gasteiger partial charge in [0, 0.05) is 62.6 Å². The smallest absolute Gasteiger partial charge is 0.0728 e. The summed E-state index contributed by atoms with van der Waals surface area (Å²) in [6.45, 7) is 10.1. The average Bonchev–Trinajstić information content (AvgIpc) is 2.81. The molecule has 4 nitrogen and oxygen atoms in total. The van der Waals surface area contributed by atoms with Crippen LogP contribution < -0.4 is 0 Å². The van der Waals surface area contributed by atoms with E-state index in [-0.39, 0.29) is 5.92 Å². The zero-order valence-electron chi connectivity index (χ0n) is 19.1. The van der Waals surface area contributed by atoms with Crippen LogP contribution in [-0.2, 0) is 6.54 Å². The molecule has 1 aromatic heterocycles. The van der Waals surface area contributed by atoms with Gasteiger partial charge in [0.2, 0.25) is 0 Å². The predicted octanol–water partition coefficient (Wildman–Crippen LogP) is 5.36. The van der Waals surface area contributed by atoms with Crippen LogP contribution in [0.4, 0.5) is 0 Å². The summed E-state index contributed by atoms with van der Waals surface area (Å²) in [6, 6.07) is 12.3. The summed E-state index contributed by atoms with van der Waals surface area (Å²) in [7, 11) is 0. The van der Waals surface area contributed by atoms with Crippen LogP contribution in [0.25, 0.3) is 0 Å². The Morgan fingerprint density at radius 1 is 0.968 bits per heavy atom. The van der Waals surface area contributed by atoms with Crippen molar-refractivity contribution in [3.05, 3.63) is 64.9 Å². The molecule has 5 heteroatoms.